The van der Waals surface area contributed by atoms with Gasteiger partial charge in [-0.2, -0.15) is 0 Å². The summed E-state index contributed by atoms with van der Waals surface area (Å²) < 4.78 is 7.81. The summed E-state index contributed by atoms with van der Waals surface area (Å²) in [6.07, 6.45) is 8.84. The van der Waals surface area contributed by atoms with Crippen LogP contribution in [0.1, 0.15) is 83.2 Å². The Morgan fingerprint density at radius 2 is 1.82 bits per heavy atom. The molecule has 2 aromatic heterocycles. The molecule has 196 valence electrons. The van der Waals surface area contributed by atoms with E-state index < -0.39 is 5.54 Å². The van der Waals surface area contributed by atoms with E-state index >= 15 is 0 Å². The van der Waals surface area contributed by atoms with Crippen molar-refractivity contribution in [1.29, 1.82) is 0 Å². The fraction of sp³-hybridized carbons (Fsp3) is 0.419. The van der Waals surface area contributed by atoms with Crippen molar-refractivity contribution >= 4 is 16.9 Å². The minimum absolute atomic E-state index is 0.0343. The molecule has 5 heterocycles. The lowest BCUT2D eigenvalue weighted by Crippen LogP contribution is -2.64. The van der Waals surface area contributed by atoms with Crippen LogP contribution in [-0.2, 0) is 10.3 Å². The van der Waals surface area contributed by atoms with Crippen LogP contribution in [0.3, 0.4) is 0 Å². The first-order chi connectivity index (χ1) is 18.9. The van der Waals surface area contributed by atoms with Gasteiger partial charge >= 0.3 is 0 Å². The topological polar surface area (TPSA) is 99.2 Å². The molecule has 2 saturated carbocycles. The number of amides is 1. The number of nitrogens with two attached hydrogens (primary N) is 1. The van der Waals surface area contributed by atoms with Crippen LogP contribution in [0.4, 0.5) is 0 Å². The number of ether oxygens (including phenoxy) is 1. The van der Waals surface area contributed by atoms with Crippen LogP contribution in [0.15, 0.2) is 48.8 Å². The Bertz CT molecular complexity index is 1690. The fourth-order valence-electron chi connectivity index (χ4n) is 7.85. The van der Waals surface area contributed by atoms with Gasteiger partial charge in [-0.25, -0.2) is 15.0 Å². The number of benzene rings is 2. The Labute approximate surface area is 226 Å². The number of hydrogen-bond acceptors (Lipinski definition) is 6. The van der Waals surface area contributed by atoms with Crippen LogP contribution in [0.5, 0.6) is 0 Å². The molecule has 2 bridgehead atoms. The van der Waals surface area contributed by atoms with Crippen LogP contribution < -0.4 is 5.73 Å². The molecule has 4 aromatic rings. The molecule has 1 amide bonds. The van der Waals surface area contributed by atoms with Gasteiger partial charge in [-0.3, -0.25) is 4.79 Å². The third kappa shape index (κ3) is 2.96. The first-order valence-corrected chi connectivity index (χ1v) is 14.0. The van der Waals surface area contributed by atoms with Gasteiger partial charge in [-0.05, 0) is 66.5 Å². The van der Waals surface area contributed by atoms with Crippen molar-refractivity contribution in [3.63, 3.8) is 0 Å². The molecule has 2 aliphatic carbocycles. The molecule has 8 nitrogen and oxygen atoms in total. The smallest absolute Gasteiger partial charge is 0.254 e. The Morgan fingerprint density at radius 1 is 1.03 bits per heavy atom. The SMILES string of the molecule is CN1C(=O)c2cccc(C3CC3)c2[C@H]2C[C@@H]1c1nc3ccc(-c4cnc(C5(N)CC6(COC6)C5)nc4)cc3n12. The highest BCUT2D eigenvalue weighted by Gasteiger charge is 2.58. The van der Waals surface area contributed by atoms with Gasteiger partial charge in [0.2, 0.25) is 0 Å². The van der Waals surface area contributed by atoms with E-state index in [4.69, 9.17) is 25.4 Å². The number of imidazole rings is 1. The van der Waals surface area contributed by atoms with Gasteiger partial charge in [0.25, 0.3) is 5.91 Å². The van der Waals surface area contributed by atoms with Gasteiger partial charge in [0, 0.05) is 42.4 Å². The average Bonchev–Trinajstić information content (AvgIpc) is 3.62. The van der Waals surface area contributed by atoms with Crippen LogP contribution in [0.25, 0.3) is 22.2 Å². The van der Waals surface area contributed by atoms with Crippen LogP contribution in [-0.4, -0.2) is 50.6 Å². The Balaban J connectivity index is 1.13. The highest BCUT2D eigenvalue weighted by atomic mass is 16.5. The molecule has 2 N–H and O–H groups in total. The molecule has 1 spiro atoms. The molecule has 3 fully saturated rings. The highest BCUT2D eigenvalue weighted by Crippen LogP contribution is 2.56. The largest absolute Gasteiger partial charge is 0.380 e. The lowest BCUT2D eigenvalue weighted by molar-refractivity contribution is -0.189. The van der Waals surface area contributed by atoms with Gasteiger partial charge in [-0.1, -0.05) is 18.2 Å². The highest BCUT2D eigenvalue weighted by molar-refractivity contribution is 5.97. The molecule has 9 rings (SSSR count). The number of aromatic nitrogens is 4. The first-order valence-electron chi connectivity index (χ1n) is 14.0. The van der Waals surface area contributed by atoms with Crippen LogP contribution in [0.2, 0.25) is 0 Å². The van der Waals surface area contributed by atoms with Crippen molar-refractivity contribution in [1.82, 2.24) is 24.4 Å². The Kier molecular flexibility index (Phi) is 4.17. The van der Waals surface area contributed by atoms with E-state index in [-0.39, 0.29) is 23.4 Å². The third-order valence-corrected chi connectivity index (χ3v) is 9.91. The fourth-order valence-corrected chi connectivity index (χ4v) is 7.85. The van der Waals surface area contributed by atoms with Gasteiger partial charge in [0.1, 0.15) is 11.6 Å². The zero-order valence-electron chi connectivity index (χ0n) is 21.9. The number of fused-ring (bicyclic) bond motifs is 9. The lowest BCUT2D eigenvalue weighted by atomic mass is 9.56. The molecule has 39 heavy (non-hydrogen) atoms. The van der Waals surface area contributed by atoms with Gasteiger partial charge in [-0.15, -0.1) is 0 Å². The molecular formula is C31H30N6O2. The maximum Gasteiger partial charge on any atom is 0.254 e. The van der Waals surface area contributed by atoms with Gasteiger partial charge in [0.15, 0.2) is 0 Å². The average molecular weight is 519 g/mol. The second-order valence-electron chi connectivity index (χ2n) is 12.6. The summed E-state index contributed by atoms with van der Waals surface area (Å²) in [6, 6.07) is 12.8. The number of rotatable bonds is 3. The summed E-state index contributed by atoms with van der Waals surface area (Å²) in [7, 11) is 1.93. The quantitative estimate of drug-likeness (QED) is 0.430. The predicted molar refractivity (Wildman–Crippen MR) is 145 cm³/mol. The minimum atomic E-state index is -0.454. The summed E-state index contributed by atoms with van der Waals surface area (Å²) in [5.74, 6) is 2.37. The standard InChI is InChI=1S/C31H30N6O2/c1-36-25-10-24(26-20(17-5-6-17)3-2-4-21(26)28(36)38)37-23-9-18(7-8-22(23)35-27(25)37)19-11-33-29(34-12-19)31(32)13-30(14-31)15-39-16-30/h2-4,7-9,11-12,17,24-25H,5-6,10,13-16,32H2,1H3/t24-,25-/m1/s1. The van der Waals surface area contributed by atoms with Crippen LogP contribution >= 0.6 is 0 Å². The van der Waals surface area contributed by atoms with Crippen molar-refractivity contribution < 1.29 is 9.53 Å². The molecule has 8 heteroatoms. The summed E-state index contributed by atoms with van der Waals surface area (Å²) in [4.78, 5) is 29.9. The summed E-state index contributed by atoms with van der Waals surface area (Å²) in [5.41, 5.74) is 13.9. The van der Waals surface area contributed by atoms with E-state index in [1.54, 1.807) is 0 Å². The maximum atomic E-state index is 13.5. The predicted octanol–water partition coefficient (Wildman–Crippen LogP) is 4.45. The second-order valence-corrected chi connectivity index (χ2v) is 12.6. The van der Waals surface area contributed by atoms with E-state index in [1.165, 1.54) is 24.0 Å². The molecule has 0 unspecified atom stereocenters. The summed E-state index contributed by atoms with van der Waals surface area (Å²) in [5, 5.41) is 0. The minimum Gasteiger partial charge on any atom is -0.380 e. The number of carbonyl (C=O) groups excluding carboxylic acids is 1. The molecule has 2 aromatic carbocycles. The van der Waals surface area contributed by atoms with E-state index in [0.29, 0.717) is 5.92 Å². The molecular weight excluding hydrogens is 488 g/mol. The van der Waals surface area contributed by atoms with E-state index in [9.17, 15) is 4.79 Å². The van der Waals surface area contributed by atoms with Crippen LogP contribution in [0, 0.1) is 5.41 Å². The number of nitrogens with zero attached hydrogens (tertiary/aromatic N) is 5. The zero-order chi connectivity index (χ0) is 26.1. The molecule has 1 saturated heterocycles. The zero-order valence-corrected chi connectivity index (χ0v) is 21.9. The van der Waals surface area contributed by atoms with E-state index in [2.05, 4.69) is 34.9 Å². The first kappa shape index (κ1) is 22.2. The van der Waals surface area contributed by atoms with Crippen molar-refractivity contribution in [3.05, 3.63) is 77.1 Å². The molecule has 5 aliphatic rings. The number of hydrogen-bond donors (Lipinski definition) is 1. The van der Waals surface area contributed by atoms with Gasteiger partial charge < -0.3 is 19.9 Å². The van der Waals surface area contributed by atoms with Crippen molar-refractivity contribution in [2.24, 2.45) is 11.1 Å². The van der Waals surface area contributed by atoms with Gasteiger partial charge in [0.05, 0.1) is 41.9 Å². The second kappa shape index (κ2) is 7.31. The van der Waals surface area contributed by atoms with E-state index in [1.807, 2.05) is 30.4 Å². The molecule has 2 atom stereocenters. The Hall–Kier alpha value is -3.62. The summed E-state index contributed by atoms with van der Waals surface area (Å²) in [6.45, 7) is 1.61. The summed E-state index contributed by atoms with van der Waals surface area (Å²) >= 11 is 0. The lowest BCUT2D eigenvalue weighted by Gasteiger charge is -2.57. The third-order valence-electron chi connectivity index (χ3n) is 9.91. The van der Waals surface area contributed by atoms with E-state index in [0.717, 1.165) is 71.8 Å². The monoisotopic (exact) mass is 518 g/mol. The number of carbonyl (C=O) groups is 1. The maximum absolute atomic E-state index is 13.5. The van der Waals surface area contributed by atoms with Crippen molar-refractivity contribution in [2.75, 3.05) is 20.3 Å². The normalized spacial score (nSPS) is 25.7. The molecule has 3 aliphatic heterocycles. The Morgan fingerprint density at radius 3 is 2.54 bits per heavy atom. The van der Waals surface area contributed by atoms with Crippen molar-refractivity contribution in [3.8, 4) is 11.1 Å². The molecule has 0 radical (unpaired) electrons. The van der Waals surface area contributed by atoms with Crippen molar-refractivity contribution in [2.45, 2.75) is 55.6 Å².